The minimum atomic E-state index is -0.644. The van der Waals surface area contributed by atoms with Gasteiger partial charge in [-0.1, -0.05) is 6.07 Å². The normalized spacial score (nSPS) is 13.9. The highest BCUT2D eigenvalue weighted by Crippen LogP contribution is 2.29. The third kappa shape index (κ3) is 4.70. The standard InChI is InChI=1S/C14H23NO4/c1-10(15-2)13-6-5-12(18-4)7-14(13)19-9-11(16)8-17-3/h5-7,10-11,15-16H,8-9H2,1-4H3. The molecule has 5 heteroatoms. The number of rotatable bonds is 8. The summed E-state index contributed by atoms with van der Waals surface area (Å²) in [5.74, 6) is 1.43. The Hall–Kier alpha value is -1.30. The molecule has 1 aromatic carbocycles. The van der Waals surface area contributed by atoms with Crippen molar-refractivity contribution in [3.8, 4) is 11.5 Å². The second-order valence-corrected chi connectivity index (χ2v) is 4.33. The lowest BCUT2D eigenvalue weighted by molar-refractivity contribution is 0.0321. The Balaban J connectivity index is 2.82. The van der Waals surface area contributed by atoms with E-state index in [1.807, 2.05) is 32.2 Å². The molecule has 0 saturated carbocycles. The van der Waals surface area contributed by atoms with E-state index in [0.717, 1.165) is 11.3 Å². The summed E-state index contributed by atoms with van der Waals surface area (Å²) in [7, 11) is 5.04. The Kier molecular flexibility index (Phi) is 6.62. The predicted molar refractivity (Wildman–Crippen MR) is 73.8 cm³/mol. The van der Waals surface area contributed by atoms with Crippen LogP contribution >= 0.6 is 0 Å². The molecule has 19 heavy (non-hydrogen) atoms. The van der Waals surface area contributed by atoms with Gasteiger partial charge in [0.05, 0.1) is 13.7 Å². The Labute approximate surface area is 114 Å². The van der Waals surface area contributed by atoms with E-state index in [1.165, 1.54) is 0 Å². The summed E-state index contributed by atoms with van der Waals surface area (Å²) in [5, 5.41) is 12.8. The second-order valence-electron chi connectivity index (χ2n) is 4.33. The van der Waals surface area contributed by atoms with Crippen LogP contribution in [0.15, 0.2) is 18.2 Å². The summed E-state index contributed by atoms with van der Waals surface area (Å²) < 4.78 is 15.7. The van der Waals surface area contributed by atoms with Crippen molar-refractivity contribution >= 4 is 0 Å². The molecule has 2 atom stereocenters. The zero-order valence-corrected chi connectivity index (χ0v) is 12.0. The van der Waals surface area contributed by atoms with Crippen LogP contribution in [0, 0.1) is 0 Å². The highest BCUT2D eigenvalue weighted by Gasteiger charge is 2.13. The van der Waals surface area contributed by atoms with Gasteiger partial charge < -0.3 is 24.6 Å². The van der Waals surface area contributed by atoms with Gasteiger partial charge >= 0.3 is 0 Å². The molecule has 0 aliphatic carbocycles. The van der Waals surface area contributed by atoms with Crippen molar-refractivity contribution in [2.24, 2.45) is 0 Å². The van der Waals surface area contributed by atoms with Crippen molar-refractivity contribution in [3.63, 3.8) is 0 Å². The Morgan fingerprint density at radius 2 is 2.00 bits per heavy atom. The highest BCUT2D eigenvalue weighted by molar-refractivity contribution is 5.42. The van der Waals surface area contributed by atoms with Gasteiger partial charge in [0.25, 0.3) is 0 Å². The Bertz CT molecular complexity index is 384. The van der Waals surface area contributed by atoms with Crippen LogP contribution in [-0.2, 0) is 4.74 Å². The summed E-state index contributed by atoms with van der Waals surface area (Å²) >= 11 is 0. The summed E-state index contributed by atoms with van der Waals surface area (Å²) in [6.07, 6.45) is -0.644. The van der Waals surface area contributed by atoms with Gasteiger partial charge in [-0.25, -0.2) is 0 Å². The number of benzene rings is 1. The number of nitrogens with one attached hydrogen (secondary N) is 1. The van der Waals surface area contributed by atoms with Gasteiger partial charge in [0, 0.05) is 24.8 Å². The number of ether oxygens (including phenoxy) is 3. The van der Waals surface area contributed by atoms with Crippen molar-refractivity contribution in [2.45, 2.75) is 19.1 Å². The van der Waals surface area contributed by atoms with Gasteiger partial charge in [-0.05, 0) is 20.0 Å². The van der Waals surface area contributed by atoms with Gasteiger partial charge in [0.1, 0.15) is 24.2 Å². The minimum Gasteiger partial charge on any atom is -0.497 e. The molecule has 0 spiro atoms. The number of hydrogen-bond acceptors (Lipinski definition) is 5. The molecular formula is C14H23NO4. The monoisotopic (exact) mass is 269 g/mol. The molecule has 0 heterocycles. The first-order chi connectivity index (χ1) is 9.12. The number of aliphatic hydroxyl groups is 1. The van der Waals surface area contributed by atoms with Gasteiger partial charge in [-0.3, -0.25) is 0 Å². The molecule has 2 unspecified atom stereocenters. The first kappa shape index (κ1) is 15.8. The first-order valence-corrected chi connectivity index (χ1v) is 6.27. The predicted octanol–water partition coefficient (Wildman–Crippen LogP) is 1.36. The van der Waals surface area contributed by atoms with Crippen LogP contribution in [0.3, 0.4) is 0 Å². The average Bonchev–Trinajstić information content (AvgIpc) is 2.44. The molecule has 0 aliphatic rings. The molecule has 108 valence electrons. The van der Waals surface area contributed by atoms with E-state index in [4.69, 9.17) is 14.2 Å². The maximum atomic E-state index is 9.63. The van der Waals surface area contributed by atoms with Gasteiger partial charge in [0.2, 0.25) is 0 Å². The third-order valence-corrected chi connectivity index (χ3v) is 2.91. The van der Waals surface area contributed by atoms with E-state index < -0.39 is 6.10 Å². The maximum absolute atomic E-state index is 9.63. The highest BCUT2D eigenvalue weighted by atomic mass is 16.5. The van der Waals surface area contributed by atoms with Crippen LogP contribution in [0.4, 0.5) is 0 Å². The summed E-state index contributed by atoms with van der Waals surface area (Å²) in [6.45, 7) is 2.48. The first-order valence-electron chi connectivity index (χ1n) is 6.27. The van der Waals surface area contributed by atoms with Crippen LogP contribution in [0.25, 0.3) is 0 Å². The molecule has 0 bridgehead atoms. The van der Waals surface area contributed by atoms with Crippen LogP contribution in [0.2, 0.25) is 0 Å². The van der Waals surface area contributed by atoms with E-state index in [-0.39, 0.29) is 19.3 Å². The van der Waals surface area contributed by atoms with Crippen LogP contribution < -0.4 is 14.8 Å². The fourth-order valence-corrected chi connectivity index (χ4v) is 1.71. The largest absolute Gasteiger partial charge is 0.497 e. The summed E-state index contributed by atoms with van der Waals surface area (Å²) in [5.41, 5.74) is 1.02. The SMILES string of the molecule is CNC(C)c1ccc(OC)cc1OCC(O)COC. The van der Waals surface area contributed by atoms with Gasteiger partial charge in [0.15, 0.2) is 0 Å². The molecule has 0 saturated heterocycles. The fraction of sp³-hybridized carbons (Fsp3) is 0.571. The van der Waals surface area contributed by atoms with Crippen molar-refractivity contribution in [1.29, 1.82) is 0 Å². The average molecular weight is 269 g/mol. The fourth-order valence-electron chi connectivity index (χ4n) is 1.71. The maximum Gasteiger partial charge on any atom is 0.127 e. The van der Waals surface area contributed by atoms with E-state index >= 15 is 0 Å². The lowest BCUT2D eigenvalue weighted by atomic mass is 10.1. The van der Waals surface area contributed by atoms with E-state index in [9.17, 15) is 5.11 Å². The molecule has 0 amide bonds. The molecule has 0 aromatic heterocycles. The van der Waals surface area contributed by atoms with Crippen LogP contribution in [0.5, 0.6) is 11.5 Å². The van der Waals surface area contributed by atoms with Crippen molar-refractivity contribution in [2.75, 3.05) is 34.5 Å². The summed E-state index contributed by atoms with van der Waals surface area (Å²) in [6, 6.07) is 5.82. The number of hydrogen-bond donors (Lipinski definition) is 2. The second kappa shape index (κ2) is 7.99. The minimum absolute atomic E-state index is 0.153. The Morgan fingerprint density at radius 1 is 1.26 bits per heavy atom. The summed E-state index contributed by atoms with van der Waals surface area (Å²) in [4.78, 5) is 0. The zero-order chi connectivity index (χ0) is 14.3. The van der Waals surface area contributed by atoms with E-state index in [2.05, 4.69) is 5.32 Å². The van der Waals surface area contributed by atoms with E-state index in [0.29, 0.717) is 5.75 Å². The lowest BCUT2D eigenvalue weighted by Gasteiger charge is -2.19. The molecule has 5 nitrogen and oxygen atoms in total. The van der Waals surface area contributed by atoms with Gasteiger partial charge in [-0.2, -0.15) is 0 Å². The van der Waals surface area contributed by atoms with Crippen LogP contribution in [-0.4, -0.2) is 45.7 Å². The van der Waals surface area contributed by atoms with E-state index in [1.54, 1.807) is 14.2 Å². The number of methoxy groups -OCH3 is 2. The zero-order valence-electron chi connectivity index (χ0n) is 12.0. The smallest absolute Gasteiger partial charge is 0.127 e. The lowest BCUT2D eigenvalue weighted by Crippen LogP contribution is -2.23. The molecule has 0 fully saturated rings. The third-order valence-electron chi connectivity index (χ3n) is 2.91. The van der Waals surface area contributed by atoms with Gasteiger partial charge in [-0.15, -0.1) is 0 Å². The quantitative estimate of drug-likeness (QED) is 0.746. The number of aliphatic hydroxyl groups excluding tert-OH is 1. The molecule has 2 N–H and O–H groups in total. The molecule has 1 rings (SSSR count). The molecular weight excluding hydrogens is 246 g/mol. The van der Waals surface area contributed by atoms with Crippen molar-refractivity contribution in [3.05, 3.63) is 23.8 Å². The van der Waals surface area contributed by atoms with Crippen LogP contribution in [0.1, 0.15) is 18.5 Å². The molecule has 1 aromatic rings. The molecule has 0 aliphatic heterocycles. The Morgan fingerprint density at radius 3 is 2.58 bits per heavy atom. The van der Waals surface area contributed by atoms with Crippen molar-refractivity contribution in [1.82, 2.24) is 5.32 Å². The topological polar surface area (TPSA) is 60.0 Å². The molecule has 0 radical (unpaired) electrons. The van der Waals surface area contributed by atoms with Crippen molar-refractivity contribution < 1.29 is 19.3 Å².